The van der Waals surface area contributed by atoms with Gasteiger partial charge in [-0.3, -0.25) is 4.79 Å². The summed E-state index contributed by atoms with van der Waals surface area (Å²) in [5.74, 6) is 0.222. The first kappa shape index (κ1) is 18.9. The summed E-state index contributed by atoms with van der Waals surface area (Å²) < 4.78 is 1.70. The molecule has 4 rings (SSSR count). The summed E-state index contributed by atoms with van der Waals surface area (Å²) >= 11 is 13.1. The van der Waals surface area contributed by atoms with Crippen LogP contribution in [0.4, 0.5) is 0 Å². The number of ketones is 1. The van der Waals surface area contributed by atoms with Gasteiger partial charge < -0.3 is 0 Å². The van der Waals surface area contributed by atoms with E-state index in [0.717, 1.165) is 5.56 Å². The van der Waals surface area contributed by atoms with Crippen LogP contribution in [-0.2, 0) is 6.54 Å². The summed E-state index contributed by atoms with van der Waals surface area (Å²) in [6.45, 7) is 0.512. The third-order valence-electron chi connectivity index (χ3n) is 4.02. The van der Waals surface area contributed by atoms with Crippen LogP contribution in [0, 0.1) is 0 Å². The Hall–Kier alpha value is -2.48. The fourth-order valence-corrected chi connectivity index (χ4v) is 3.68. The zero-order chi connectivity index (χ0) is 19.5. The smallest absolute Gasteiger partial charge is 0.183 e. The van der Waals surface area contributed by atoms with E-state index < -0.39 is 0 Å². The minimum Gasteiger partial charge on any atom is -0.293 e. The molecule has 2 aromatic carbocycles. The number of nitrogens with zero attached hydrogens (tertiary/aromatic N) is 5. The van der Waals surface area contributed by atoms with Crippen molar-refractivity contribution >= 4 is 51.9 Å². The molecule has 9 heteroatoms. The van der Waals surface area contributed by atoms with Crippen LogP contribution < -0.4 is 0 Å². The van der Waals surface area contributed by atoms with Crippen molar-refractivity contribution in [3.63, 3.8) is 0 Å². The van der Waals surface area contributed by atoms with Crippen LogP contribution in [-0.4, -0.2) is 36.5 Å². The number of carbonyl (C=O) groups excluding carboxylic acids is 1. The lowest BCUT2D eigenvalue weighted by molar-refractivity contribution is 0.102. The van der Waals surface area contributed by atoms with Crippen LogP contribution in [0.15, 0.2) is 59.9 Å². The standard InChI is InChI=1S/C19H13Cl2N5OS/c20-14-5-1-12(2-6-14)9-26-18-17(24-25-26)19(23-11-22-18)28-10-16(27)13-3-7-15(21)8-4-13/h1-8,11H,9-10H2. The molecule has 0 unspecified atom stereocenters. The van der Waals surface area contributed by atoms with Gasteiger partial charge in [0.1, 0.15) is 11.4 Å². The lowest BCUT2D eigenvalue weighted by atomic mass is 10.1. The molecule has 6 nitrogen and oxygen atoms in total. The van der Waals surface area contributed by atoms with Gasteiger partial charge in [-0.1, -0.05) is 52.3 Å². The maximum absolute atomic E-state index is 12.4. The molecule has 28 heavy (non-hydrogen) atoms. The Morgan fingerprint density at radius 2 is 1.64 bits per heavy atom. The van der Waals surface area contributed by atoms with Crippen LogP contribution in [0.3, 0.4) is 0 Å². The molecule has 0 aliphatic carbocycles. The normalized spacial score (nSPS) is 11.1. The fraction of sp³-hybridized carbons (Fsp3) is 0.105. The van der Waals surface area contributed by atoms with Crippen LogP contribution in [0.1, 0.15) is 15.9 Å². The van der Waals surface area contributed by atoms with E-state index in [1.54, 1.807) is 28.9 Å². The molecule has 2 aromatic heterocycles. The number of aromatic nitrogens is 5. The first-order valence-corrected chi connectivity index (χ1v) is 10.0. The first-order chi connectivity index (χ1) is 13.6. The van der Waals surface area contributed by atoms with Gasteiger partial charge in [-0.15, -0.1) is 5.10 Å². The second-order valence-corrected chi connectivity index (χ2v) is 7.78. The molecule has 0 saturated heterocycles. The highest BCUT2D eigenvalue weighted by Gasteiger charge is 2.14. The molecule has 0 fully saturated rings. The van der Waals surface area contributed by atoms with Gasteiger partial charge in [0.25, 0.3) is 0 Å². The van der Waals surface area contributed by atoms with E-state index in [2.05, 4.69) is 20.3 Å². The quantitative estimate of drug-likeness (QED) is 0.254. The molecule has 0 bridgehead atoms. The lowest BCUT2D eigenvalue weighted by Crippen LogP contribution is -2.04. The average molecular weight is 430 g/mol. The molecule has 0 atom stereocenters. The Kier molecular flexibility index (Phi) is 5.57. The van der Waals surface area contributed by atoms with Crippen LogP contribution in [0.2, 0.25) is 10.0 Å². The topological polar surface area (TPSA) is 73.6 Å². The van der Waals surface area contributed by atoms with E-state index in [0.29, 0.717) is 38.3 Å². The molecule has 2 heterocycles. The van der Waals surface area contributed by atoms with Crippen LogP contribution >= 0.6 is 35.0 Å². The number of halogens is 2. The van der Waals surface area contributed by atoms with Gasteiger partial charge in [-0.2, -0.15) is 0 Å². The van der Waals surface area contributed by atoms with Gasteiger partial charge in [0.15, 0.2) is 16.9 Å². The van der Waals surface area contributed by atoms with Crippen molar-refractivity contribution in [3.8, 4) is 0 Å². The van der Waals surface area contributed by atoms with Crippen molar-refractivity contribution in [1.29, 1.82) is 0 Å². The molecule has 0 radical (unpaired) electrons. The number of rotatable bonds is 6. The number of carbonyl (C=O) groups is 1. The third kappa shape index (κ3) is 4.16. The SMILES string of the molecule is O=C(CSc1ncnc2c1nnn2Cc1ccc(Cl)cc1)c1ccc(Cl)cc1. The Bertz CT molecular complexity index is 1130. The maximum Gasteiger partial charge on any atom is 0.183 e. The summed E-state index contributed by atoms with van der Waals surface area (Å²) in [4.78, 5) is 20.9. The summed E-state index contributed by atoms with van der Waals surface area (Å²) in [6, 6.07) is 14.3. The molecule has 140 valence electrons. The Balaban J connectivity index is 1.52. The van der Waals surface area contributed by atoms with Gasteiger partial charge in [-0.25, -0.2) is 14.6 Å². The van der Waals surface area contributed by atoms with E-state index in [9.17, 15) is 4.79 Å². The molecule has 0 spiro atoms. The molecule has 0 aliphatic heterocycles. The lowest BCUT2D eigenvalue weighted by Gasteiger charge is -2.04. The second kappa shape index (κ2) is 8.26. The summed E-state index contributed by atoms with van der Waals surface area (Å²) in [5, 5.41) is 10.3. The summed E-state index contributed by atoms with van der Waals surface area (Å²) in [7, 11) is 0. The molecule has 0 aliphatic rings. The van der Waals surface area contributed by atoms with Gasteiger partial charge in [-0.05, 0) is 42.0 Å². The van der Waals surface area contributed by atoms with Crippen molar-refractivity contribution in [2.45, 2.75) is 11.6 Å². The maximum atomic E-state index is 12.4. The molecule has 0 N–H and O–H groups in total. The number of Topliss-reactive ketones (excluding diaryl/α,β-unsaturated/α-hetero) is 1. The number of hydrogen-bond donors (Lipinski definition) is 0. The minimum atomic E-state index is -0.0121. The summed E-state index contributed by atoms with van der Waals surface area (Å²) in [5.41, 5.74) is 2.83. The number of benzene rings is 2. The predicted molar refractivity (Wildman–Crippen MR) is 110 cm³/mol. The molecule has 4 aromatic rings. The Morgan fingerprint density at radius 3 is 2.36 bits per heavy atom. The van der Waals surface area contributed by atoms with E-state index >= 15 is 0 Å². The molecule has 0 amide bonds. The van der Waals surface area contributed by atoms with Crippen molar-refractivity contribution < 1.29 is 4.79 Å². The van der Waals surface area contributed by atoms with E-state index in [1.807, 2.05) is 24.3 Å². The predicted octanol–water partition coefficient (Wildman–Crippen LogP) is 4.55. The zero-order valence-corrected chi connectivity index (χ0v) is 16.7. The largest absolute Gasteiger partial charge is 0.293 e. The van der Waals surface area contributed by atoms with Crippen molar-refractivity contribution in [1.82, 2.24) is 25.0 Å². The average Bonchev–Trinajstić information content (AvgIpc) is 3.12. The Morgan fingerprint density at radius 1 is 0.964 bits per heavy atom. The monoisotopic (exact) mass is 429 g/mol. The van der Waals surface area contributed by atoms with E-state index in [-0.39, 0.29) is 11.5 Å². The molecule has 0 saturated carbocycles. The number of thioether (sulfide) groups is 1. The highest BCUT2D eigenvalue weighted by Crippen LogP contribution is 2.24. The van der Waals surface area contributed by atoms with Crippen LogP contribution in [0.25, 0.3) is 11.2 Å². The first-order valence-electron chi connectivity index (χ1n) is 8.30. The fourth-order valence-electron chi connectivity index (χ4n) is 2.60. The minimum absolute atomic E-state index is 0.0121. The van der Waals surface area contributed by atoms with E-state index in [1.165, 1.54) is 18.1 Å². The Labute approximate surface area is 174 Å². The van der Waals surface area contributed by atoms with E-state index in [4.69, 9.17) is 23.2 Å². The van der Waals surface area contributed by atoms with Crippen LogP contribution in [0.5, 0.6) is 0 Å². The molecular formula is C19H13Cl2N5OS. The van der Waals surface area contributed by atoms with Gasteiger partial charge >= 0.3 is 0 Å². The van der Waals surface area contributed by atoms with Gasteiger partial charge in [0.2, 0.25) is 0 Å². The number of hydrogen-bond acceptors (Lipinski definition) is 6. The highest BCUT2D eigenvalue weighted by molar-refractivity contribution is 8.00. The van der Waals surface area contributed by atoms with Gasteiger partial charge in [0, 0.05) is 15.6 Å². The third-order valence-corrected chi connectivity index (χ3v) is 5.50. The zero-order valence-electron chi connectivity index (χ0n) is 14.4. The molecular weight excluding hydrogens is 417 g/mol. The van der Waals surface area contributed by atoms with Crippen molar-refractivity contribution in [2.75, 3.05) is 5.75 Å². The second-order valence-electron chi connectivity index (χ2n) is 5.94. The highest BCUT2D eigenvalue weighted by atomic mass is 35.5. The van der Waals surface area contributed by atoms with Gasteiger partial charge in [0.05, 0.1) is 12.3 Å². The van der Waals surface area contributed by atoms with Crippen molar-refractivity contribution in [3.05, 3.63) is 76.0 Å². The van der Waals surface area contributed by atoms with Crippen molar-refractivity contribution in [2.24, 2.45) is 0 Å². The summed E-state index contributed by atoms with van der Waals surface area (Å²) in [6.07, 6.45) is 1.46. The number of fused-ring (bicyclic) bond motifs is 1.